The Morgan fingerprint density at radius 2 is 2.64 bits per heavy atom. The second kappa shape index (κ2) is 4.31. The van der Waals surface area contributed by atoms with E-state index in [0.29, 0.717) is 5.92 Å². The zero-order valence-corrected chi connectivity index (χ0v) is 9.20. The first-order chi connectivity index (χ1) is 6.83. The lowest BCUT2D eigenvalue weighted by Crippen LogP contribution is -2.25. The van der Waals surface area contributed by atoms with E-state index in [4.69, 9.17) is 5.73 Å². The van der Waals surface area contributed by atoms with Crippen LogP contribution in [0.3, 0.4) is 0 Å². The van der Waals surface area contributed by atoms with E-state index in [2.05, 4.69) is 17.0 Å². The van der Waals surface area contributed by atoms with Gasteiger partial charge >= 0.3 is 0 Å². The van der Waals surface area contributed by atoms with Crippen LogP contribution in [0.4, 0.5) is 0 Å². The first kappa shape index (κ1) is 9.98. The third kappa shape index (κ3) is 1.79. The molecule has 0 aliphatic carbocycles. The SMILES string of the molecule is CCn1ncnc1C(N)C1CCSC1. The Balaban J connectivity index is 2.12. The summed E-state index contributed by atoms with van der Waals surface area (Å²) in [6.07, 6.45) is 2.81. The fourth-order valence-corrected chi connectivity index (χ4v) is 3.13. The molecule has 1 aliphatic heterocycles. The van der Waals surface area contributed by atoms with Crippen molar-refractivity contribution in [3.63, 3.8) is 0 Å². The molecular formula is C9H16N4S. The lowest BCUT2D eigenvalue weighted by atomic mass is 9.99. The van der Waals surface area contributed by atoms with E-state index in [0.717, 1.165) is 18.1 Å². The lowest BCUT2D eigenvalue weighted by molar-refractivity contribution is 0.435. The summed E-state index contributed by atoms with van der Waals surface area (Å²) in [6, 6.07) is 0.0625. The minimum atomic E-state index is 0.0625. The molecule has 78 valence electrons. The van der Waals surface area contributed by atoms with Gasteiger partial charge in [0.15, 0.2) is 0 Å². The molecule has 0 spiro atoms. The van der Waals surface area contributed by atoms with Gasteiger partial charge in [0.2, 0.25) is 0 Å². The number of nitrogens with zero attached hydrogens (tertiary/aromatic N) is 3. The first-order valence-corrected chi connectivity index (χ1v) is 6.19. The van der Waals surface area contributed by atoms with Crippen LogP contribution in [-0.4, -0.2) is 26.3 Å². The largest absolute Gasteiger partial charge is 0.321 e. The van der Waals surface area contributed by atoms with Crippen LogP contribution in [0.25, 0.3) is 0 Å². The molecule has 1 aromatic heterocycles. The lowest BCUT2D eigenvalue weighted by Gasteiger charge is -2.17. The van der Waals surface area contributed by atoms with Gasteiger partial charge < -0.3 is 5.73 Å². The molecule has 2 heterocycles. The fraction of sp³-hybridized carbons (Fsp3) is 0.778. The topological polar surface area (TPSA) is 56.7 Å². The number of hydrogen-bond donors (Lipinski definition) is 1. The summed E-state index contributed by atoms with van der Waals surface area (Å²) in [6.45, 7) is 2.91. The average Bonchev–Trinajstić information content (AvgIpc) is 2.87. The molecule has 0 radical (unpaired) electrons. The van der Waals surface area contributed by atoms with Crippen LogP contribution in [-0.2, 0) is 6.54 Å². The second-order valence-electron chi connectivity index (χ2n) is 3.58. The van der Waals surface area contributed by atoms with Gasteiger partial charge in [-0.15, -0.1) is 0 Å². The van der Waals surface area contributed by atoms with Crippen LogP contribution in [0.1, 0.15) is 25.2 Å². The third-order valence-electron chi connectivity index (χ3n) is 2.72. The molecule has 2 N–H and O–H groups in total. The van der Waals surface area contributed by atoms with Gasteiger partial charge in [0, 0.05) is 6.54 Å². The molecule has 1 fully saturated rings. The van der Waals surface area contributed by atoms with Crippen molar-refractivity contribution in [2.75, 3.05) is 11.5 Å². The zero-order chi connectivity index (χ0) is 9.97. The number of aromatic nitrogens is 3. The Bertz CT molecular complexity index is 293. The second-order valence-corrected chi connectivity index (χ2v) is 4.73. The number of thioether (sulfide) groups is 1. The molecule has 0 saturated carbocycles. The monoisotopic (exact) mass is 212 g/mol. The number of nitrogens with two attached hydrogens (primary N) is 1. The van der Waals surface area contributed by atoms with Gasteiger partial charge in [-0.1, -0.05) is 0 Å². The maximum Gasteiger partial charge on any atom is 0.144 e. The van der Waals surface area contributed by atoms with E-state index in [1.807, 2.05) is 16.4 Å². The maximum atomic E-state index is 6.18. The van der Waals surface area contributed by atoms with Crippen molar-refractivity contribution in [1.82, 2.24) is 14.8 Å². The Kier molecular flexibility index (Phi) is 3.08. The van der Waals surface area contributed by atoms with Gasteiger partial charge in [-0.05, 0) is 30.8 Å². The Morgan fingerprint density at radius 1 is 1.79 bits per heavy atom. The van der Waals surface area contributed by atoms with Gasteiger partial charge in [0.25, 0.3) is 0 Å². The quantitative estimate of drug-likeness (QED) is 0.813. The summed E-state index contributed by atoms with van der Waals surface area (Å²) < 4.78 is 1.90. The minimum Gasteiger partial charge on any atom is -0.321 e. The minimum absolute atomic E-state index is 0.0625. The highest BCUT2D eigenvalue weighted by Gasteiger charge is 2.26. The van der Waals surface area contributed by atoms with Crippen molar-refractivity contribution < 1.29 is 0 Å². The van der Waals surface area contributed by atoms with Gasteiger partial charge in [-0.2, -0.15) is 16.9 Å². The number of hydrogen-bond acceptors (Lipinski definition) is 4. The fourth-order valence-electron chi connectivity index (χ4n) is 1.82. The molecule has 1 aliphatic rings. The predicted octanol–water partition coefficient (Wildman–Crippen LogP) is 1.05. The van der Waals surface area contributed by atoms with Crippen LogP contribution in [0.15, 0.2) is 6.33 Å². The van der Waals surface area contributed by atoms with Crippen LogP contribution >= 0.6 is 11.8 Å². The van der Waals surface area contributed by atoms with Gasteiger partial charge in [-0.25, -0.2) is 9.67 Å². The van der Waals surface area contributed by atoms with Crippen molar-refractivity contribution in [2.24, 2.45) is 11.7 Å². The molecule has 0 aromatic carbocycles. The Labute approximate surface area is 88.3 Å². The number of rotatable bonds is 3. The summed E-state index contributed by atoms with van der Waals surface area (Å²) in [5.74, 6) is 3.92. The maximum absolute atomic E-state index is 6.18. The summed E-state index contributed by atoms with van der Waals surface area (Å²) in [7, 11) is 0. The van der Waals surface area contributed by atoms with E-state index in [-0.39, 0.29) is 6.04 Å². The molecular weight excluding hydrogens is 196 g/mol. The van der Waals surface area contributed by atoms with Crippen molar-refractivity contribution >= 4 is 11.8 Å². The van der Waals surface area contributed by atoms with Gasteiger partial charge in [0.05, 0.1) is 6.04 Å². The van der Waals surface area contributed by atoms with Gasteiger partial charge in [0.1, 0.15) is 12.2 Å². The zero-order valence-electron chi connectivity index (χ0n) is 8.39. The van der Waals surface area contributed by atoms with Crippen molar-refractivity contribution in [2.45, 2.75) is 25.9 Å². The highest BCUT2D eigenvalue weighted by atomic mass is 32.2. The predicted molar refractivity (Wildman–Crippen MR) is 58.1 cm³/mol. The molecule has 4 nitrogen and oxygen atoms in total. The molecule has 2 atom stereocenters. The van der Waals surface area contributed by atoms with E-state index in [1.165, 1.54) is 12.2 Å². The molecule has 1 aromatic rings. The third-order valence-corrected chi connectivity index (χ3v) is 3.90. The van der Waals surface area contributed by atoms with Crippen LogP contribution < -0.4 is 5.73 Å². The first-order valence-electron chi connectivity index (χ1n) is 5.04. The summed E-state index contributed by atoms with van der Waals surface area (Å²) in [5, 5.41) is 4.15. The van der Waals surface area contributed by atoms with Crippen LogP contribution in [0.5, 0.6) is 0 Å². The van der Waals surface area contributed by atoms with Crippen molar-refractivity contribution in [1.29, 1.82) is 0 Å². The van der Waals surface area contributed by atoms with Gasteiger partial charge in [-0.3, -0.25) is 0 Å². The highest BCUT2D eigenvalue weighted by Crippen LogP contribution is 2.31. The van der Waals surface area contributed by atoms with Crippen molar-refractivity contribution in [3.05, 3.63) is 12.2 Å². The summed E-state index contributed by atoms with van der Waals surface area (Å²) in [4.78, 5) is 4.25. The van der Waals surface area contributed by atoms with E-state index >= 15 is 0 Å². The van der Waals surface area contributed by atoms with Crippen LogP contribution in [0, 0.1) is 5.92 Å². The summed E-state index contributed by atoms with van der Waals surface area (Å²) in [5.41, 5.74) is 6.18. The molecule has 2 rings (SSSR count). The Hall–Kier alpha value is -0.550. The van der Waals surface area contributed by atoms with E-state index < -0.39 is 0 Å². The molecule has 14 heavy (non-hydrogen) atoms. The van der Waals surface area contributed by atoms with Crippen LogP contribution in [0.2, 0.25) is 0 Å². The number of aryl methyl sites for hydroxylation is 1. The molecule has 5 heteroatoms. The molecule has 2 unspecified atom stereocenters. The molecule has 0 bridgehead atoms. The average molecular weight is 212 g/mol. The smallest absolute Gasteiger partial charge is 0.144 e. The Morgan fingerprint density at radius 3 is 3.29 bits per heavy atom. The molecule has 0 amide bonds. The summed E-state index contributed by atoms with van der Waals surface area (Å²) >= 11 is 1.98. The van der Waals surface area contributed by atoms with E-state index in [9.17, 15) is 0 Å². The normalized spacial score (nSPS) is 24.0. The molecule has 1 saturated heterocycles. The standard InChI is InChI=1S/C9H16N4S/c1-2-13-9(11-6-12-13)8(10)7-3-4-14-5-7/h6-8H,2-5,10H2,1H3. The van der Waals surface area contributed by atoms with E-state index in [1.54, 1.807) is 6.33 Å². The highest BCUT2D eigenvalue weighted by molar-refractivity contribution is 7.99. The van der Waals surface area contributed by atoms with Crippen molar-refractivity contribution in [3.8, 4) is 0 Å².